The van der Waals surface area contributed by atoms with Gasteiger partial charge in [-0.25, -0.2) is 0 Å². The lowest BCUT2D eigenvalue weighted by atomic mass is 9.78. The van der Waals surface area contributed by atoms with Crippen molar-refractivity contribution in [3.05, 3.63) is 0 Å². The van der Waals surface area contributed by atoms with Crippen molar-refractivity contribution in [3.63, 3.8) is 0 Å². The second-order valence-electron chi connectivity index (χ2n) is 6.21. The Morgan fingerprint density at radius 2 is 1.94 bits per heavy atom. The van der Waals surface area contributed by atoms with Crippen LogP contribution >= 0.6 is 11.6 Å². The summed E-state index contributed by atoms with van der Waals surface area (Å²) in [6.07, 6.45) is 6.90. The standard InChI is InChI=1S/C14H24ClNO/c1-10-5-7-14(9-15,8-6-10)16-13(17)11(2)12-3-4-12/h10-12H,3-9H2,1-2H3,(H,16,17). The summed E-state index contributed by atoms with van der Waals surface area (Å²) < 4.78 is 0. The average Bonchev–Trinajstić information content (AvgIpc) is 3.15. The van der Waals surface area contributed by atoms with Gasteiger partial charge >= 0.3 is 0 Å². The SMILES string of the molecule is CC1CCC(CCl)(NC(=O)C(C)C2CC2)CC1. The van der Waals surface area contributed by atoms with Crippen LogP contribution in [0.3, 0.4) is 0 Å². The maximum Gasteiger partial charge on any atom is 0.223 e. The van der Waals surface area contributed by atoms with Gasteiger partial charge in [0.2, 0.25) is 5.91 Å². The number of amides is 1. The van der Waals surface area contributed by atoms with Gasteiger partial charge in [0.25, 0.3) is 0 Å². The quantitative estimate of drug-likeness (QED) is 0.769. The van der Waals surface area contributed by atoms with Crippen LogP contribution in [-0.2, 0) is 4.79 Å². The molecule has 2 fully saturated rings. The molecule has 1 amide bonds. The Labute approximate surface area is 109 Å². The largest absolute Gasteiger partial charge is 0.349 e. The van der Waals surface area contributed by atoms with Gasteiger partial charge in [0.1, 0.15) is 0 Å². The number of carbonyl (C=O) groups excluding carboxylic acids is 1. The number of hydrogen-bond acceptors (Lipinski definition) is 1. The molecule has 0 saturated heterocycles. The van der Waals surface area contributed by atoms with Crippen LogP contribution in [0.25, 0.3) is 0 Å². The predicted octanol–water partition coefficient (Wildman–Crippen LogP) is 3.34. The first-order valence-electron chi connectivity index (χ1n) is 6.94. The van der Waals surface area contributed by atoms with Crippen LogP contribution in [0, 0.1) is 17.8 Å². The molecule has 2 saturated carbocycles. The third-order valence-electron chi connectivity index (χ3n) is 4.62. The van der Waals surface area contributed by atoms with Crippen LogP contribution < -0.4 is 5.32 Å². The molecule has 0 aliphatic heterocycles. The Morgan fingerprint density at radius 3 is 2.41 bits per heavy atom. The van der Waals surface area contributed by atoms with Gasteiger partial charge in [-0.05, 0) is 50.4 Å². The molecule has 0 spiro atoms. The van der Waals surface area contributed by atoms with Crippen molar-refractivity contribution in [1.82, 2.24) is 5.32 Å². The maximum atomic E-state index is 12.2. The molecule has 2 aliphatic carbocycles. The molecule has 1 N–H and O–H groups in total. The fourth-order valence-corrected chi connectivity index (χ4v) is 3.13. The molecule has 0 bridgehead atoms. The highest BCUT2D eigenvalue weighted by atomic mass is 35.5. The van der Waals surface area contributed by atoms with E-state index >= 15 is 0 Å². The summed E-state index contributed by atoms with van der Waals surface area (Å²) in [6, 6.07) is 0. The molecule has 2 nitrogen and oxygen atoms in total. The van der Waals surface area contributed by atoms with Crippen molar-refractivity contribution in [1.29, 1.82) is 0 Å². The highest BCUT2D eigenvalue weighted by molar-refractivity contribution is 6.18. The smallest absolute Gasteiger partial charge is 0.223 e. The zero-order chi connectivity index (χ0) is 12.5. The maximum absolute atomic E-state index is 12.2. The van der Waals surface area contributed by atoms with Gasteiger partial charge < -0.3 is 5.32 Å². The van der Waals surface area contributed by atoms with Crippen LogP contribution in [0.1, 0.15) is 52.4 Å². The summed E-state index contributed by atoms with van der Waals surface area (Å²) in [5.74, 6) is 2.37. The molecule has 17 heavy (non-hydrogen) atoms. The number of carbonyl (C=O) groups is 1. The summed E-state index contributed by atoms with van der Waals surface area (Å²) in [5.41, 5.74) is -0.117. The van der Waals surface area contributed by atoms with Crippen molar-refractivity contribution < 1.29 is 4.79 Å². The van der Waals surface area contributed by atoms with Gasteiger partial charge in [-0.2, -0.15) is 0 Å². The molecule has 0 heterocycles. The van der Waals surface area contributed by atoms with Crippen LogP contribution in [0.5, 0.6) is 0 Å². The Balaban J connectivity index is 1.91. The lowest BCUT2D eigenvalue weighted by molar-refractivity contribution is -0.127. The van der Waals surface area contributed by atoms with Crippen molar-refractivity contribution in [2.75, 3.05) is 5.88 Å². The minimum absolute atomic E-state index is 0.117. The van der Waals surface area contributed by atoms with E-state index in [1.807, 2.05) is 0 Å². The first kappa shape index (κ1) is 13.2. The number of halogens is 1. The van der Waals surface area contributed by atoms with Crippen molar-refractivity contribution in [3.8, 4) is 0 Å². The fraction of sp³-hybridized carbons (Fsp3) is 0.929. The van der Waals surface area contributed by atoms with E-state index in [4.69, 9.17) is 11.6 Å². The minimum Gasteiger partial charge on any atom is -0.349 e. The van der Waals surface area contributed by atoms with Crippen molar-refractivity contribution >= 4 is 17.5 Å². The number of alkyl halides is 1. The van der Waals surface area contributed by atoms with Gasteiger partial charge in [-0.3, -0.25) is 4.79 Å². The minimum atomic E-state index is -0.117. The molecule has 3 heteroatoms. The highest BCUT2D eigenvalue weighted by Gasteiger charge is 2.39. The van der Waals surface area contributed by atoms with Crippen LogP contribution in [0.15, 0.2) is 0 Å². The number of hydrogen-bond donors (Lipinski definition) is 1. The predicted molar refractivity (Wildman–Crippen MR) is 71.1 cm³/mol. The van der Waals surface area contributed by atoms with Crippen LogP contribution in [0.4, 0.5) is 0 Å². The molecular formula is C14H24ClNO. The third-order valence-corrected chi connectivity index (χ3v) is 5.13. The first-order chi connectivity index (χ1) is 8.06. The summed E-state index contributed by atoms with van der Waals surface area (Å²) in [5, 5.41) is 3.25. The lowest BCUT2D eigenvalue weighted by Crippen LogP contribution is -2.53. The Kier molecular flexibility index (Phi) is 4.02. The number of rotatable bonds is 4. The molecule has 0 aromatic rings. The Bertz CT molecular complexity index is 280. The summed E-state index contributed by atoms with van der Waals surface area (Å²) in [6.45, 7) is 4.34. The molecule has 2 rings (SSSR count). The lowest BCUT2D eigenvalue weighted by Gasteiger charge is -2.39. The summed E-state index contributed by atoms with van der Waals surface area (Å²) in [7, 11) is 0. The fourth-order valence-electron chi connectivity index (χ4n) is 2.79. The van der Waals surface area contributed by atoms with Gasteiger partial charge in [-0.1, -0.05) is 13.8 Å². The van der Waals surface area contributed by atoms with Crippen LogP contribution in [0.2, 0.25) is 0 Å². The average molecular weight is 258 g/mol. The first-order valence-corrected chi connectivity index (χ1v) is 7.48. The van der Waals surface area contributed by atoms with E-state index in [1.165, 1.54) is 25.7 Å². The number of nitrogens with one attached hydrogen (secondary N) is 1. The molecule has 1 unspecified atom stereocenters. The molecular weight excluding hydrogens is 234 g/mol. The molecule has 0 aromatic heterocycles. The normalized spacial score (nSPS) is 35.4. The molecule has 0 aromatic carbocycles. The van der Waals surface area contributed by atoms with Crippen LogP contribution in [-0.4, -0.2) is 17.3 Å². The Hall–Kier alpha value is -0.240. The molecule has 1 atom stereocenters. The zero-order valence-electron chi connectivity index (χ0n) is 11.0. The van der Waals surface area contributed by atoms with Gasteiger partial charge in [-0.15, -0.1) is 11.6 Å². The third kappa shape index (κ3) is 3.15. The van der Waals surface area contributed by atoms with E-state index in [2.05, 4.69) is 19.2 Å². The second-order valence-corrected chi connectivity index (χ2v) is 6.48. The topological polar surface area (TPSA) is 29.1 Å². The summed E-state index contributed by atoms with van der Waals surface area (Å²) >= 11 is 6.11. The molecule has 2 aliphatic rings. The van der Waals surface area contributed by atoms with E-state index in [9.17, 15) is 4.79 Å². The van der Waals surface area contributed by atoms with Gasteiger partial charge in [0.15, 0.2) is 0 Å². The zero-order valence-corrected chi connectivity index (χ0v) is 11.7. The molecule has 98 valence electrons. The van der Waals surface area contributed by atoms with E-state index in [0.717, 1.165) is 18.8 Å². The van der Waals surface area contributed by atoms with Crippen molar-refractivity contribution in [2.45, 2.75) is 57.9 Å². The summed E-state index contributed by atoms with van der Waals surface area (Å²) in [4.78, 5) is 12.2. The Morgan fingerprint density at radius 1 is 1.35 bits per heavy atom. The van der Waals surface area contributed by atoms with Gasteiger partial charge in [0.05, 0.1) is 5.54 Å². The monoisotopic (exact) mass is 257 g/mol. The van der Waals surface area contributed by atoms with E-state index < -0.39 is 0 Å². The van der Waals surface area contributed by atoms with E-state index in [1.54, 1.807) is 0 Å². The van der Waals surface area contributed by atoms with E-state index in [-0.39, 0.29) is 17.4 Å². The molecule has 0 radical (unpaired) electrons. The highest BCUT2D eigenvalue weighted by Crippen LogP contribution is 2.38. The van der Waals surface area contributed by atoms with Crippen molar-refractivity contribution in [2.24, 2.45) is 17.8 Å². The van der Waals surface area contributed by atoms with E-state index in [0.29, 0.717) is 11.8 Å². The van der Waals surface area contributed by atoms with Gasteiger partial charge in [0, 0.05) is 11.8 Å². The second kappa shape index (κ2) is 5.17.